The van der Waals surface area contributed by atoms with Gasteiger partial charge in [-0.2, -0.15) is 0 Å². The van der Waals surface area contributed by atoms with Crippen LogP contribution in [0.15, 0.2) is 18.2 Å². The Hall–Kier alpha value is -1.55. The normalized spacial score (nSPS) is 25.0. The molecule has 2 amide bonds. The predicted molar refractivity (Wildman–Crippen MR) is 104 cm³/mol. The van der Waals surface area contributed by atoms with Gasteiger partial charge < -0.3 is 15.1 Å². The number of hydrogen-bond acceptors (Lipinski definition) is 2. The Balaban J connectivity index is 1.58. The van der Waals surface area contributed by atoms with Gasteiger partial charge in [-0.05, 0) is 70.0 Å². The molecule has 0 bridgehead atoms. The Morgan fingerprint density at radius 2 is 1.88 bits per heavy atom. The van der Waals surface area contributed by atoms with Gasteiger partial charge in [0.15, 0.2) is 0 Å². The van der Waals surface area contributed by atoms with Crippen molar-refractivity contribution < 1.29 is 4.79 Å². The SMILES string of the molecule is Cc1cccc(C)c1NC(=O)N1CCC[C@H](CN2CCCC[C@@H]2C)C1. The molecule has 2 heterocycles. The molecule has 0 radical (unpaired) electrons. The van der Waals surface area contributed by atoms with E-state index in [0.717, 1.165) is 42.9 Å². The molecule has 2 fully saturated rings. The molecule has 0 unspecified atom stereocenters. The predicted octanol–water partition coefficient (Wildman–Crippen LogP) is 4.42. The summed E-state index contributed by atoms with van der Waals surface area (Å²) < 4.78 is 0. The number of likely N-dealkylation sites (tertiary alicyclic amines) is 2. The van der Waals surface area contributed by atoms with Gasteiger partial charge in [-0.3, -0.25) is 0 Å². The first-order valence-corrected chi connectivity index (χ1v) is 9.91. The fourth-order valence-electron chi connectivity index (χ4n) is 4.36. The number of benzene rings is 1. The maximum Gasteiger partial charge on any atom is 0.321 e. The number of anilines is 1. The van der Waals surface area contributed by atoms with Gasteiger partial charge in [0.25, 0.3) is 0 Å². The van der Waals surface area contributed by atoms with Gasteiger partial charge in [-0.15, -0.1) is 0 Å². The molecule has 4 heteroatoms. The first-order chi connectivity index (χ1) is 12.0. The molecule has 0 saturated carbocycles. The van der Waals surface area contributed by atoms with E-state index < -0.39 is 0 Å². The number of nitrogens with one attached hydrogen (secondary N) is 1. The van der Waals surface area contributed by atoms with Crippen LogP contribution in [0.25, 0.3) is 0 Å². The number of carbonyl (C=O) groups excluding carboxylic acids is 1. The van der Waals surface area contributed by atoms with Crippen molar-refractivity contribution in [2.24, 2.45) is 5.92 Å². The summed E-state index contributed by atoms with van der Waals surface area (Å²) in [5.74, 6) is 0.609. The summed E-state index contributed by atoms with van der Waals surface area (Å²) in [6, 6.07) is 6.91. The zero-order chi connectivity index (χ0) is 17.8. The van der Waals surface area contributed by atoms with E-state index in [1.165, 1.54) is 32.2 Å². The maximum absolute atomic E-state index is 12.8. The van der Waals surface area contributed by atoms with E-state index in [1.807, 2.05) is 11.0 Å². The monoisotopic (exact) mass is 343 g/mol. The number of amides is 2. The lowest BCUT2D eigenvalue weighted by atomic mass is 9.95. The lowest BCUT2D eigenvalue weighted by molar-refractivity contribution is 0.104. The average Bonchev–Trinajstić information content (AvgIpc) is 2.60. The zero-order valence-electron chi connectivity index (χ0n) is 16.1. The van der Waals surface area contributed by atoms with E-state index in [0.29, 0.717) is 12.0 Å². The highest BCUT2D eigenvalue weighted by Crippen LogP contribution is 2.24. The summed E-state index contributed by atoms with van der Waals surface area (Å²) in [4.78, 5) is 17.4. The van der Waals surface area contributed by atoms with Crippen LogP contribution in [0.2, 0.25) is 0 Å². The second-order valence-electron chi connectivity index (χ2n) is 7.99. The molecule has 138 valence electrons. The molecular formula is C21H33N3O. The second kappa shape index (κ2) is 8.22. The number of aryl methyl sites for hydroxylation is 2. The molecule has 2 aliphatic rings. The molecule has 2 saturated heterocycles. The van der Waals surface area contributed by atoms with Crippen LogP contribution < -0.4 is 5.32 Å². The molecule has 0 aromatic heterocycles. The van der Waals surface area contributed by atoms with E-state index in [4.69, 9.17) is 0 Å². The van der Waals surface area contributed by atoms with Crippen LogP contribution in [0.5, 0.6) is 0 Å². The van der Waals surface area contributed by atoms with Crippen molar-refractivity contribution in [2.75, 3.05) is 31.5 Å². The number of urea groups is 1. The lowest BCUT2D eigenvalue weighted by Gasteiger charge is -2.39. The first-order valence-electron chi connectivity index (χ1n) is 9.91. The quantitative estimate of drug-likeness (QED) is 0.882. The second-order valence-corrected chi connectivity index (χ2v) is 7.99. The van der Waals surface area contributed by atoms with Crippen molar-refractivity contribution in [3.8, 4) is 0 Å². The van der Waals surface area contributed by atoms with E-state index in [1.54, 1.807) is 0 Å². The van der Waals surface area contributed by atoms with Crippen LogP contribution in [0.1, 0.15) is 50.2 Å². The summed E-state index contributed by atoms with van der Waals surface area (Å²) in [7, 11) is 0. The molecule has 2 atom stereocenters. The van der Waals surface area contributed by atoms with Crippen LogP contribution in [-0.4, -0.2) is 48.1 Å². The highest BCUT2D eigenvalue weighted by Gasteiger charge is 2.27. The molecule has 2 aliphatic heterocycles. The van der Waals surface area contributed by atoms with Crippen molar-refractivity contribution >= 4 is 11.7 Å². The van der Waals surface area contributed by atoms with Gasteiger partial charge in [0.1, 0.15) is 0 Å². The van der Waals surface area contributed by atoms with Crippen molar-refractivity contribution in [2.45, 2.75) is 58.9 Å². The van der Waals surface area contributed by atoms with Gasteiger partial charge in [0.2, 0.25) is 0 Å². The molecular weight excluding hydrogens is 310 g/mol. The molecule has 0 spiro atoms. The lowest BCUT2D eigenvalue weighted by Crippen LogP contribution is -2.47. The third-order valence-corrected chi connectivity index (χ3v) is 5.95. The summed E-state index contributed by atoms with van der Waals surface area (Å²) in [6.45, 7) is 10.6. The third kappa shape index (κ3) is 4.55. The summed E-state index contributed by atoms with van der Waals surface area (Å²) >= 11 is 0. The molecule has 1 aromatic rings. The fourth-order valence-corrected chi connectivity index (χ4v) is 4.36. The number of nitrogens with zero attached hydrogens (tertiary/aromatic N) is 2. The van der Waals surface area contributed by atoms with Crippen LogP contribution in [-0.2, 0) is 0 Å². The summed E-state index contributed by atoms with van der Waals surface area (Å²) in [5.41, 5.74) is 3.23. The number of piperidine rings is 2. The highest BCUT2D eigenvalue weighted by molar-refractivity contribution is 5.91. The van der Waals surface area contributed by atoms with Crippen LogP contribution in [0.3, 0.4) is 0 Å². The standard InChI is InChI=1S/C21H33N3O/c1-16-8-6-9-17(2)20(16)22-21(25)24-13-7-11-19(15-24)14-23-12-5-4-10-18(23)3/h6,8-9,18-19H,4-5,7,10-15H2,1-3H3,(H,22,25)/t18-,19+/m0/s1. The van der Waals surface area contributed by atoms with Gasteiger partial charge in [0.05, 0.1) is 0 Å². The molecule has 3 rings (SSSR count). The van der Waals surface area contributed by atoms with Crippen molar-refractivity contribution in [1.82, 2.24) is 9.80 Å². The smallest absolute Gasteiger partial charge is 0.321 e. The van der Waals surface area contributed by atoms with E-state index in [2.05, 4.69) is 43.1 Å². The van der Waals surface area contributed by atoms with Crippen LogP contribution in [0, 0.1) is 19.8 Å². The molecule has 1 aromatic carbocycles. The Bertz CT molecular complexity index is 581. The fraction of sp³-hybridized carbons (Fsp3) is 0.667. The van der Waals surface area contributed by atoms with Crippen molar-refractivity contribution in [3.05, 3.63) is 29.3 Å². The Morgan fingerprint density at radius 3 is 2.60 bits per heavy atom. The molecule has 25 heavy (non-hydrogen) atoms. The summed E-state index contributed by atoms with van der Waals surface area (Å²) in [5, 5.41) is 3.15. The third-order valence-electron chi connectivity index (χ3n) is 5.95. The Morgan fingerprint density at radius 1 is 1.12 bits per heavy atom. The van der Waals surface area contributed by atoms with Gasteiger partial charge in [0, 0.05) is 31.4 Å². The number of hydrogen-bond donors (Lipinski definition) is 1. The topological polar surface area (TPSA) is 35.6 Å². The van der Waals surface area contributed by atoms with Crippen molar-refractivity contribution in [1.29, 1.82) is 0 Å². The minimum absolute atomic E-state index is 0.0637. The largest absolute Gasteiger partial charge is 0.324 e. The minimum Gasteiger partial charge on any atom is -0.324 e. The minimum atomic E-state index is 0.0637. The Labute approximate surface area is 152 Å². The number of rotatable bonds is 3. The number of para-hydroxylation sites is 1. The highest BCUT2D eigenvalue weighted by atomic mass is 16.2. The number of carbonyl (C=O) groups is 1. The first kappa shape index (κ1) is 18.2. The van der Waals surface area contributed by atoms with E-state index in [-0.39, 0.29) is 6.03 Å². The van der Waals surface area contributed by atoms with Crippen LogP contribution >= 0.6 is 0 Å². The maximum atomic E-state index is 12.8. The van der Waals surface area contributed by atoms with Gasteiger partial charge in [-0.1, -0.05) is 24.6 Å². The van der Waals surface area contributed by atoms with Gasteiger partial charge >= 0.3 is 6.03 Å². The average molecular weight is 344 g/mol. The zero-order valence-corrected chi connectivity index (χ0v) is 16.1. The van der Waals surface area contributed by atoms with E-state index in [9.17, 15) is 4.79 Å². The summed E-state index contributed by atoms with van der Waals surface area (Å²) in [6.07, 6.45) is 6.38. The van der Waals surface area contributed by atoms with Crippen molar-refractivity contribution in [3.63, 3.8) is 0 Å². The molecule has 0 aliphatic carbocycles. The van der Waals surface area contributed by atoms with Crippen LogP contribution in [0.4, 0.5) is 10.5 Å². The molecule has 4 nitrogen and oxygen atoms in total. The Kier molecular flexibility index (Phi) is 6.00. The van der Waals surface area contributed by atoms with E-state index >= 15 is 0 Å². The van der Waals surface area contributed by atoms with Gasteiger partial charge in [-0.25, -0.2) is 4.79 Å². The molecule has 1 N–H and O–H groups in total.